The van der Waals surface area contributed by atoms with Crippen molar-refractivity contribution >= 4 is 17.3 Å². The van der Waals surface area contributed by atoms with Gasteiger partial charge in [-0.1, -0.05) is 0 Å². The molecule has 1 unspecified atom stereocenters. The molecule has 0 aliphatic carbocycles. The Kier molecular flexibility index (Phi) is 4.18. The van der Waals surface area contributed by atoms with E-state index >= 15 is 0 Å². The molecule has 1 aliphatic rings. The minimum Gasteiger partial charge on any atom is -0.459 e. The monoisotopic (exact) mass is 254 g/mol. The minimum absolute atomic E-state index is 0.0925. The number of ether oxygens (including phenoxy) is 2. The predicted molar refractivity (Wildman–Crippen MR) is 67.7 cm³/mol. The van der Waals surface area contributed by atoms with E-state index in [0.717, 1.165) is 25.0 Å². The van der Waals surface area contributed by atoms with Gasteiger partial charge in [0, 0.05) is 11.5 Å². The van der Waals surface area contributed by atoms with Gasteiger partial charge in [0.2, 0.25) is 0 Å². The fourth-order valence-corrected chi connectivity index (χ4v) is 2.78. The summed E-state index contributed by atoms with van der Waals surface area (Å²) in [5.41, 5.74) is 1.15. The Morgan fingerprint density at radius 2 is 2.35 bits per heavy atom. The number of carbonyl (C=O) groups excluding carboxylic acids is 1. The van der Waals surface area contributed by atoms with Gasteiger partial charge in [0.05, 0.1) is 6.10 Å². The highest BCUT2D eigenvalue weighted by Crippen LogP contribution is 2.21. The van der Waals surface area contributed by atoms with Crippen molar-refractivity contribution in [1.29, 1.82) is 0 Å². The van der Waals surface area contributed by atoms with Gasteiger partial charge in [0.15, 0.2) is 0 Å². The molecule has 0 spiro atoms. The zero-order chi connectivity index (χ0) is 12.3. The van der Waals surface area contributed by atoms with Gasteiger partial charge in [-0.3, -0.25) is 0 Å². The van der Waals surface area contributed by atoms with E-state index in [4.69, 9.17) is 9.47 Å². The lowest BCUT2D eigenvalue weighted by Gasteiger charge is -2.21. The minimum atomic E-state index is -0.222. The highest BCUT2D eigenvalue weighted by molar-refractivity contribution is 7.14. The Morgan fingerprint density at radius 3 is 2.94 bits per heavy atom. The zero-order valence-electron chi connectivity index (χ0n) is 10.3. The molecule has 17 heavy (non-hydrogen) atoms. The van der Waals surface area contributed by atoms with Gasteiger partial charge in [0.25, 0.3) is 0 Å². The van der Waals surface area contributed by atoms with Crippen molar-refractivity contribution in [3.05, 3.63) is 21.4 Å². The smallest absolute Gasteiger partial charge is 0.348 e. The van der Waals surface area contributed by atoms with Crippen molar-refractivity contribution < 1.29 is 14.3 Å². The van der Waals surface area contributed by atoms with Gasteiger partial charge in [0.1, 0.15) is 11.5 Å². The lowest BCUT2D eigenvalue weighted by Crippen LogP contribution is -2.25. The summed E-state index contributed by atoms with van der Waals surface area (Å²) in [6.45, 7) is 5.20. The molecule has 0 bridgehead atoms. The molecule has 0 aromatic carbocycles. The fourth-order valence-electron chi connectivity index (χ4n) is 1.85. The second-order valence-corrected chi connectivity index (χ2v) is 5.69. The van der Waals surface area contributed by atoms with Gasteiger partial charge in [-0.05, 0) is 44.7 Å². The van der Waals surface area contributed by atoms with E-state index in [-0.39, 0.29) is 12.1 Å². The number of carbonyl (C=O) groups is 1. The molecule has 1 saturated heterocycles. The van der Waals surface area contributed by atoms with Crippen molar-refractivity contribution in [3.63, 3.8) is 0 Å². The molecule has 0 N–H and O–H groups in total. The molecule has 0 amide bonds. The second kappa shape index (κ2) is 5.65. The van der Waals surface area contributed by atoms with Gasteiger partial charge < -0.3 is 9.47 Å². The number of hydrogen-bond donors (Lipinski definition) is 0. The summed E-state index contributed by atoms with van der Waals surface area (Å²) in [5, 5.41) is 0. The number of rotatable bonds is 3. The van der Waals surface area contributed by atoms with Crippen molar-refractivity contribution in [1.82, 2.24) is 0 Å². The van der Waals surface area contributed by atoms with Crippen LogP contribution in [0, 0.1) is 13.8 Å². The molecule has 1 fully saturated rings. The number of esters is 1. The Bertz CT molecular complexity index is 372. The van der Waals surface area contributed by atoms with Crippen LogP contribution in [0.25, 0.3) is 0 Å². The molecule has 1 atom stereocenters. The van der Waals surface area contributed by atoms with E-state index in [9.17, 15) is 4.79 Å². The quantitative estimate of drug-likeness (QED) is 0.778. The Labute approximate surface area is 106 Å². The van der Waals surface area contributed by atoms with Crippen LogP contribution in [0.1, 0.15) is 39.4 Å². The number of hydrogen-bond acceptors (Lipinski definition) is 4. The molecule has 1 aromatic heterocycles. The lowest BCUT2D eigenvalue weighted by atomic mass is 10.1. The average molecular weight is 254 g/mol. The fraction of sp³-hybridized carbons (Fsp3) is 0.615. The molecule has 3 nitrogen and oxygen atoms in total. The molecule has 2 rings (SSSR count). The third kappa shape index (κ3) is 3.30. The van der Waals surface area contributed by atoms with Gasteiger partial charge in [-0.15, -0.1) is 11.3 Å². The van der Waals surface area contributed by atoms with Crippen molar-refractivity contribution in [2.45, 2.75) is 39.2 Å². The lowest BCUT2D eigenvalue weighted by molar-refractivity contribution is -0.0298. The van der Waals surface area contributed by atoms with Crippen LogP contribution in [-0.4, -0.2) is 25.3 Å². The Balaban J connectivity index is 1.84. The summed E-state index contributed by atoms with van der Waals surface area (Å²) in [6.07, 6.45) is 3.37. The molecule has 0 saturated carbocycles. The molecular weight excluding hydrogens is 236 g/mol. The van der Waals surface area contributed by atoms with Crippen molar-refractivity contribution in [3.8, 4) is 0 Å². The highest BCUT2D eigenvalue weighted by atomic mass is 32.1. The SMILES string of the molecule is Cc1cc(C(=O)OCC2CCCCO2)sc1C. The van der Waals surface area contributed by atoms with E-state index in [1.54, 1.807) is 0 Å². The highest BCUT2D eigenvalue weighted by Gasteiger charge is 2.18. The topological polar surface area (TPSA) is 35.5 Å². The van der Waals surface area contributed by atoms with Crippen LogP contribution in [0.15, 0.2) is 6.07 Å². The first-order valence-electron chi connectivity index (χ1n) is 6.02. The number of aryl methyl sites for hydroxylation is 2. The van der Waals surface area contributed by atoms with Gasteiger partial charge in [-0.25, -0.2) is 4.79 Å². The Morgan fingerprint density at radius 1 is 1.53 bits per heavy atom. The predicted octanol–water partition coefficient (Wildman–Crippen LogP) is 3.09. The molecular formula is C13H18O3S. The van der Waals surface area contributed by atoms with E-state index in [0.29, 0.717) is 11.5 Å². The maximum atomic E-state index is 11.8. The second-order valence-electron chi connectivity index (χ2n) is 4.44. The zero-order valence-corrected chi connectivity index (χ0v) is 11.1. The van der Waals surface area contributed by atoms with Crippen LogP contribution in [0.4, 0.5) is 0 Å². The summed E-state index contributed by atoms with van der Waals surface area (Å²) >= 11 is 1.49. The summed E-state index contributed by atoms with van der Waals surface area (Å²) < 4.78 is 10.8. The van der Waals surface area contributed by atoms with E-state index in [2.05, 4.69) is 0 Å². The Hall–Kier alpha value is -0.870. The molecule has 1 aromatic rings. The summed E-state index contributed by atoms with van der Waals surface area (Å²) in [4.78, 5) is 13.6. The first-order valence-corrected chi connectivity index (χ1v) is 6.84. The van der Waals surface area contributed by atoms with Crippen LogP contribution >= 0.6 is 11.3 Å². The molecule has 0 radical (unpaired) electrons. The standard InChI is InChI=1S/C13H18O3S/c1-9-7-12(17-10(9)2)13(14)16-8-11-5-3-4-6-15-11/h7,11H,3-6,8H2,1-2H3. The van der Waals surface area contributed by atoms with Crippen LogP contribution in [-0.2, 0) is 9.47 Å². The van der Waals surface area contributed by atoms with Crippen LogP contribution in [0.2, 0.25) is 0 Å². The first-order chi connectivity index (χ1) is 8.16. The van der Waals surface area contributed by atoms with E-state index in [1.165, 1.54) is 22.6 Å². The van der Waals surface area contributed by atoms with Crippen LogP contribution in [0.3, 0.4) is 0 Å². The molecule has 1 aliphatic heterocycles. The molecule has 2 heterocycles. The maximum absolute atomic E-state index is 11.8. The third-order valence-corrected chi connectivity index (χ3v) is 4.17. The maximum Gasteiger partial charge on any atom is 0.348 e. The molecule has 4 heteroatoms. The van der Waals surface area contributed by atoms with E-state index in [1.807, 2.05) is 19.9 Å². The van der Waals surface area contributed by atoms with Crippen LogP contribution in [0.5, 0.6) is 0 Å². The van der Waals surface area contributed by atoms with Crippen molar-refractivity contribution in [2.75, 3.05) is 13.2 Å². The third-order valence-electron chi connectivity index (χ3n) is 3.04. The summed E-state index contributed by atoms with van der Waals surface area (Å²) in [7, 11) is 0. The summed E-state index contributed by atoms with van der Waals surface area (Å²) in [6, 6.07) is 1.89. The number of thiophene rings is 1. The average Bonchev–Trinajstić information content (AvgIpc) is 2.68. The first kappa shape index (κ1) is 12.6. The van der Waals surface area contributed by atoms with Gasteiger partial charge >= 0.3 is 5.97 Å². The van der Waals surface area contributed by atoms with E-state index < -0.39 is 0 Å². The van der Waals surface area contributed by atoms with Gasteiger partial charge in [-0.2, -0.15) is 0 Å². The van der Waals surface area contributed by atoms with Crippen LogP contribution < -0.4 is 0 Å². The summed E-state index contributed by atoms with van der Waals surface area (Å²) in [5.74, 6) is -0.222. The normalized spacial score (nSPS) is 20.2. The molecule has 94 valence electrons. The largest absolute Gasteiger partial charge is 0.459 e. The van der Waals surface area contributed by atoms with Crippen molar-refractivity contribution in [2.24, 2.45) is 0 Å².